The third-order valence-electron chi connectivity index (χ3n) is 4.22. The van der Waals surface area contributed by atoms with E-state index in [-0.39, 0.29) is 17.7 Å². The normalized spacial score (nSPS) is 15.0. The molecule has 2 amide bonds. The van der Waals surface area contributed by atoms with Crippen molar-refractivity contribution in [1.29, 1.82) is 0 Å². The summed E-state index contributed by atoms with van der Waals surface area (Å²) in [5.41, 5.74) is 1.03. The number of nitrogens with one attached hydrogen (secondary N) is 2. The van der Waals surface area contributed by atoms with Crippen LogP contribution in [-0.2, 0) is 4.79 Å². The standard InChI is InChI=1S/C18H25ClN2O2/c1-12(2)9-10-20-17(22)14-7-8-15(19)16(11-14)21-18(23)13-5-3-4-6-13/h7-8,11-13H,3-6,9-10H2,1-2H3,(H,20,22)(H,21,23). The van der Waals surface area contributed by atoms with Gasteiger partial charge in [0, 0.05) is 18.0 Å². The Kier molecular flexibility index (Phi) is 6.46. The average molecular weight is 337 g/mol. The van der Waals surface area contributed by atoms with E-state index in [4.69, 9.17) is 11.6 Å². The maximum Gasteiger partial charge on any atom is 0.251 e. The van der Waals surface area contributed by atoms with E-state index in [2.05, 4.69) is 24.5 Å². The molecule has 0 spiro atoms. The number of hydrogen-bond donors (Lipinski definition) is 2. The molecule has 4 nitrogen and oxygen atoms in total. The summed E-state index contributed by atoms with van der Waals surface area (Å²) in [6.07, 6.45) is 5.00. The molecule has 1 aromatic carbocycles. The van der Waals surface area contributed by atoms with Crippen LogP contribution in [-0.4, -0.2) is 18.4 Å². The number of carbonyl (C=O) groups is 2. The first-order valence-corrected chi connectivity index (χ1v) is 8.73. The van der Waals surface area contributed by atoms with Crippen molar-refractivity contribution in [2.24, 2.45) is 11.8 Å². The van der Waals surface area contributed by atoms with Crippen LogP contribution in [0.5, 0.6) is 0 Å². The highest BCUT2D eigenvalue weighted by atomic mass is 35.5. The van der Waals surface area contributed by atoms with Crippen LogP contribution in [0.4, 0.5) is 5.69 Å². The molecule has 0 saturated heterocycles. The van der Waals surface area contributed by atoms with Crippen molar-refractivity contribution in [3.8, 4) is 0 Å². The summed E-state index contributed by atoms with van der Waals surface area (Å²) in [5.74, 6) is 0.469. The molecule has 2 N–H and O–H groups in total. The van der Waals surface area contributed by atoms with Crippen LogP contribution in [0.25, 0.3) is 0 Å². The molecule has 2 rings (SSSR count). The summed E-state index contributed by atoms with van der Waals surface area (Å²) in [6.45, 7) is 4.87. The molecule has 23 heavy (non-hydrogen) atoms. The molecule has 0 bridgehead atoms. The van der Waals surface area contributed by atoms with Gasteiger partial charge in [-0.05, 0) is 43.4 Å². The van der Waals surface area contributed by atoms with Crippen molar-refractivity contribution in [3.63, 3.8) is 0 Å². The van der Waals surface area contributed by atoms with Gasteiger partial charge >= 0.3 is 0 Å². The fourth-order valence-electron chi connectivity index (χ4n) is 2.76. The highest BCUT2D eigenvalue weighted by molar-refractivity contribution is 6.33. The predicted octanol–water partition coefficient (Wildman–Crippen LogP) is 4.24. The molecule has 0 radical (unpaired) electrons. The molecule has 0 unspecified atom stereocenters. The third-order valence-corrected chi connectivity index (χ3v) is 4.55. The van der Waals surface area contributed by atoms with E-state index in [1.807, 2.05) is 0 Å². The minimum absolute atomic E-state index is 0.00164. The Labute approximate surface area is 143 Å². The van der Waals surface area contributed by atoms with Crippen molar-refractivity contribution < 1.29 is 9.59 Å². The average Bonchev–Trinajstić information content (AvgIpc) is 3.03. The van der Waals surface area contributed by atoms with Crippen LogP contribution in [0, 0.1) is 11.8 Å². The van der Waals surface area contributed by atoms with E-state index in [0.29, 0.717) is 28.7 Å². The fraction of sp³-hybridized carbons (Fsp3) is 0.556. The van der Waals surface area contributed by atoms with Crippen molar-refractivity contribution in [3.05, 3.63) is 28.8 Å². The van der Waals surface area contributed by atoms with Gasteiger partial charge in [0.15, 0.2) is 0 Å². The highest BCUT2D eigenvalue weighted by Gasteiger charge is 2.23. The first-order chi connectivity index (χ1) is 11.0. The van der Waals surface area contributed by atoms with E-state index >= 15 is 0 Å². The van der Waals surface area contributed by atoms with Gasteiger partial charge in [-0.3, -0.25) is 9.59 Å². The van der Waals surface area contributed by atoms with E-state index in [1.54, 1.807) is 18.2 Å². The smallest absolute Gasteiger partial charge is 0.251 e. The first-order valence-electron chi connectivity index (χ1n) is 8.36. The van der Waals surface area contributed by atoms with Crippen molar-refractivity contribution >= 4 is 29.1 Å². The third kappa shape index (κ3) is 5.24. The zero-order valence-corrected chi connectivity index (χ0v) is 14.6. The van der Waals surface area contributed by atoms with Gasteiger partial charge in [-0.1, -0.05) is 38.3 Å². The van der Waals surface area contributed by atoms with E-state index < -0.39 is 0 Å². The lowest BCUT2D eigenvalue weighted by Crippen LogP contribution is -2.26. The van der Waals surface area contributed by atoms with Gasteiger partial charge in [0.05, 0.1) is 10.7 Å². The second-order valence-corrected chi connectivity index (χ2v) is 7.01. The minimum atomic E-state index is -0.140. The largest absolute Gasteiger partial charge is 0.352 e. The first kappa shape index (κ1) is 17.8. The summed E-state index contributed by atoms with van der Waals surface area (Å²) in [4.78, 5) is 24.4. The Bertz CT molecular complexity index is 566. The zero-order chi connectivity index (χ0) is 16.8. The zero-order valence-electron chi connectivity index (χ0n) is 13.8. The Morgan fingerprint density at radius 3 is 2.61 bits per heavy atom. The molecule has 0 heterocycles. The molecule has 5 heteroatoms. The van der Waals surface area contributed by atoms with Gasteiger partial charge in [-0.15, -0.1) is 0 Å². The lowest BCUT2D eigenvalue weighted by Gasteiger charge is -2.13. The number of amides is 2. The second kappa shape index (κ2) is 8.34. The Balaban J connectivity index is 2.00. The highest BCUT2D eigenvalue weighted by Crippen LogP contribution is 2.28. The number of anilines is 1. The molecule has 1 saturated carbocycles. The molecular formula is C18H25ClN2O2. The van der Waals surface area contributed by atoms with Crippen LogP contribution in [0.2, 0.25) is 5.02 Å². The summed E-state index contributed by atoms with van der Waals surface area (Å²) in [7, 11) is 0. The Morgan fingerprint density at radius 2 is 1.96 bits per heavy atom. The summed E-state index contributed by atoms with van der Waals surface area (Å²) >= 11 is 6.15. The monoisotopic (exact) mass is 336 g/mol. The van der Waals surface area contributed by atoms with Crippen LogP contribution < -0.4 is 10.6 Å². The molecule has 0 atom stereocenters. The van der Waals surface area contributed by atoms with Gasteiger partial charge in [0.2, 0.25) is 5.91 Å². The summed E-state index contributed by atoms with van der Waals surface area (Å²) < 4.78 is 0. The van der Waals surface area contributed by atoms with Gasteiger partial charge in [-0.25, -0.2) is 0 Å². The van der Waals surface area contributed by atoms with Crippen LogP contribution in [0.1, 0.15) is 56.3 Å². The second-order valence-electron chi connectivity index (χ2n) is 6.60. The van der Waals surface area contributed by atoms with Crippen LogP contribution >= 0.6 is 11.6 Å². The van der Waals surface area contributed by atoms with Crippen molar-refractivity contribution in [2.45, 2.75) is 46.0 Å². The van der Waals surface area contributed by atoms with Crippen molar-refractivity contribution in [1.82, 2.24) is 5.32 Å². The lowest BCUT2D eigenvalue weighted by molar-refractivity contribution is -0.119. The minimum Gasteiger partial charge on any atom is -0.352 e. The van der Waals surface area contributed by atoms with E-state index in [9.17, 15) is 9.59 Å². The van der Waals surface area contributed by atoms with Crippen LogP contribution in [0.15, 0.2) is 18.2 Å². The molecule has 1 aliphatic carbocycles. The molecule has 1 aromatic rings. The molecule has 126 valence electrons. The van der Waals surface area contributed by atoms with Gasteiger partial charge in [0.1, 0.15) is 0 Å². The maximum atomic E-state index is 12.2. The Hall–Kier alpha value is -1.55. The predicted molar refractivity (Wildman–Crippen MR) is 93.8 cm³/mol. The molecule has 1 fully saturated rings. The number of benzene rings is 1. The van der Waals surface area contributed by atoms with Gasteiger partial charge in [-0.2, -0.15) is 0 Å². The number of halogens is 1. The Morgan fingerprint density at radius 1 is 1.26 bits per heavy atom. The number of rotatable bonds is 6. The molecular weight excluding hydrogens is 312 g/mol. The van der Waals surface area contributed by atoms with Crippen molar-refractivity contribution in [2.75, 3.05) is 11.9 Å². The SMILES string of the molecule is CC(C)CCNC(=O)c1ccc(Cl)c(NC(=O)C2CCCC2)c1. The lowest BCUT2D eigenvalue weighted by atomic mass is 10.1. The quantitative estimate of drug-likeness (QED) is 0.816. The molecule has 1 aliphatic rings. The van der Waals surface area contributed by atoms with Gasteiger partial charge < -0.3 is 10.6 Å². The molecule has 0 aromatic heterocycles. The van der Waals surface area contributed by atoms with E-state index in [1.165, 1.54) is 0 Å². The van der Waals surface area contributed by atoms with Crippen LogP contribution in [0.3, 0.4) is 0 Å². The summed E-state index contributed by atoms with van der Waals surface area (Å²) in [6, 6.07) is 4.99. The summed E-state index contributed by atoms with van der Waals surface area (Å²) in [5, 5.41) is 6.22. The maximum absolute atomic E-state index is 12.2. The molecule has 0 aliphatic heterocycles. The number of carbonyl (C=O) groups excluding carboxylic acids is 2. The topological polar surface area (TPSA) is 58.2 Å². The van der Waals surface area contributed by atoms with E-state index in [0.717, 1.165) is 32.1 Å². The number of hydrogen-bond acceptors (Lipinski definition) is 2. The van der Waals surface area contributed by atoms with Gasteiger partial charge in [0.25, 0.3) is 5.91 Å². The fourth-order valence-corrected chi connectivity index (χ4v) is 2.93.